The van der Waals surface area contributed by atoms with Gasteiger partial charge >= 0.3 is 0 Å². The lowest BCUT2D eigenvalue weighted by atomic mass is 9.98. The van der Waals surface area contributed by atoms with Crippen molar-refractivity contribution in [3.05, 3.63) is 23.5 Å². The van der Waals surface area contributed by atoms with Crippen LogP contribution in [-0.2, 0) is 10.0 Å². The van der Waals surface area contributed by atoms with Crippen molar-refractivity contribution in [2.24, 2.45) is 17.6 Å². The first-order valence-electron chi connectivity index (χ1n) is 6.35. The quantitative estimate of drug-likeness (QED) is 0.887. The smallest absolute Gasteiger partial charge is 0.244 e. The van der Waals surface area contributed by atoms with Gasteiger partial charge in [0.05, 0.1) is 5.02 Å². The maximum atomic E-state index is 12.5. The summed E-state index contributed by atoms with van der Waals surface area (Å²) < 4.78 is 26.5. The van der Waals surface area contributed by atoms with Crippen molar-refractivity contribution in [2.75, 3.05) is 13.1 Å². The fourth-order valence-electron chi connectivity index (χ4n) is 3.15. The van der Waals surface area contributed by atoms with Crippen LogP contribution in [-0.4, -0.2) is 36.8 Å². The van der Waals surface area contributed by atoms with Crippen molar-refractivity contribution in [3.8, 4) is 0 Å². The number of nitrogens with zero attached hydrogens (tertiary/aromatic N) is 2. The zero-order valence-corrected chi connectivity index (χ0v) is 11.9. The average Bonchev–Trinajstić information content (AvgIpc) is 2.92. The van der Waals surface area contributed by atoms with Gasteiger partial charge in [-0.15, -0.1) is 0 Å². The highest BCUT2D eigenvalue weighted by Gasteiger charge is 2.45. The van der Waals surface area contributed by atoms with Crippen LogP contribution < -0.4 is 5.73 Å². The second-order valence-electron chi connectivity index (χ2n) is 5.33. The van der Waals surface area contributed by atoms with E-state index in [0.717, 1.165) is 12.8 Å². The van der Waals surface area contributed by atoms with Gasteiger partial charge < -0.3 is 5.73 Å². The molecule has 0 spiro atoms. The monoisotopic (exact) mass is 301 g/mol. The minimum atomic E-state index is -3.50. The Morgan fingerprint density at radius 2 is 2.11 bits per heavy atom. The molecule has 104 valence electrons. The second kappa shape index (κ2) is 4.70. The standard InChI is InChI=1S/C12H16ClN3O2S/c13-9-3-10(5-15-4-9)19(17,18)16-6-8-1-2-12(14)11(8)7-16/h3-5,8,11-12H,1-2,6-7,14H2. The lowest BCUT2D eigenvalue weighted by Gasteiger charge is -2.18. The van der Waals surface area contributed by atoms with E-state index in [0.29, 0.717) is 29.9 Å². The Bertz CT molecular complexity index is 592. The molecule has 1 saturated heterocycles. The molecule has 0 bridgehead atoms. The third kappa shape index (κ3) is 2.27. The number of nitrogens with two attached hydrogens (primary N) is 1. The maximum Gasteiger partial charge on any atom is 0.244 e. The van der Waals surface area contributed by atoms with Gasteiger partial charge in [0.2, 0.25) is 10.0 Å². The molecule has 1 aromatic rings. The predicted octanol–water partition coefficient (Wildman–Crippen LogP) is 1.09. The van der Waals surface area contributed by atoms with E-state index in [1.165, 1.54) is 22.8 Å². The third-order valence-corrected chi connectivity index (χ3v) is 6.20. The Morgan fingerprint density at radius 3 is 2.79 bits per heavy atom. The van der Waals surface area contributed by atoms with Crippen LogP contribution in [0.15, 0.2) is 23.4 Å². The number of aromatic nitrogens is 1. The van der Waals surface area contributed by atoms with Crippen molar-refractivity contribution >= 4 is 21.6 Å². The Labute approximate surface area is 117 Å². The molecular formula is C12H16ClN3O2S. The van der Waals surface area contributed by atoms with Crippen molar-refractivity contribution < 1.29 is 8.42 Å². The molecular weight excluding hydrogens is 286 g/mol. The first-order valence-corrected chi connectivity index (χ1v) is 8.16. The molecule has 19 heavy (non-hydrogen) atoms. The molecule has 2 heterocycles. The van der Waals surface area contributed by atoms with Gasteiger partial charge in [-0.25, -0.2) is 8.42 Å². The van der Waals surface area contributed by atoms with Gasteiger partial charge in [0, 0.05) is 31.5 Å². The van der Waals surface area contributed by atoms with Gasteiger partial charge in [0.1, 0.15) is 4.90 Å². The van der Waals surface area contributed by atoms with E-state index in [9.17, 15) is 8.42 Å². The van der Waals surface area contributed by atoms with E-state index in [1.807, 2.05) is 0 Å². The molecule has 0 aromatic carbocycles. The summed E-state index contributed by atoms with van der Waals surface area (Å²) in [5, 5.41) is 0.331. The van der Waals surface area contributed by atoms with Crippen LogP contribution in [0, 0.1) is 11.8 Å². The fourth-order valence-corrected chi connectivity index (χ4v) is 4.91. The highest BCUT2D eigenvalue weighted by atomic mass is 35.5. The highest BCUT2D eigenvalue weighted by molar-refractivity contribution is 7.89. The van der Waals surface area contributed by atoms with Crippen molar-refractivity contribution in [2.45, 2.75) is 23.8 Å². The molecule has 7 heteroatoms. The molecule has 0 amide bonds. The summed E-state index contributed by atoms with van der Waals surface area (Å²) in [5.41, 5.74) is 6.03. The van der Waals surface area contributed by atoms with E-state index < -0.39 is 10.0 Å². The van der Waals surface area contributed by atoms with Gasteiger partial charge in [-0.1, -0.05) is 11.6 Å². The maximum absolute atomic E-state index is 12.5. The molecule has 1 aliphatic heterocycles. The predicted molar refractivity (Wildman–Crippen MR) is 72.2 cm³/mol. The molecule has 1 aromatic heterocycles. The number of sulfonamides is 1. The van der Waals surface area contributed by atoms with E-state index in [-0.39, 0.29) is 10.9 Å². The summed E-state index contributed by atoms with van der Waals surface area (Å²) >= 11 is 5.81. The number of hydrogen-bond acceptors (Lipinski definition) is 4. The van der Waals surface area contributed by atoms with E-state index in [1.54, 1.807) is 0 Å². The summed E-state index contributed by atoms with van der Waals surface area (Å²) in [4.78, 5) is 4.01. The molecule has 3 unspecified atom stereocenters. The Morgan fingerprint density at radius 1 is 1.32 bits per heavy atom. The van der Waals surface area contributed by atoms with Crippen LogP contribution >= 0.6 is 11.6 Å². The van der Waals surface area contributed by atoms with Gasteiger partial charge in [-0.3, -0.25) is 4.98 Å². The summed E-state index contributed by atoms with van der Waals surface area (Å²) in [6.45, 7) is 1.08. The lowest BCUT2D eigenvalue weighted by Crippen LogP contribution is -2.33. The summed E-state index contributed by atoms with van der Waals surface area (Å²) in [6.07, 6.45) is 4.79. The van der Waals surface area contributed by atoms with E-state index in [4.69, 9.17) is 17.3 Å². The first-order chi connectivity index (χ1) is 8.98. The third-order valence-electron chi connectivity index (χ3n) is 4.20. The van der Waals surface area contributed by atoms with Crippen molar-refractivity contribution in [1.82, 2.24) is 9.29 Å². The molecule has 2 N–H and O–H groups in total. The molecule has 2 fully saturated rings. The average molecular weight is 302 g/mol. The van der Waals surface area contributed by atoms with Crippen LogP contribution in [0.1, 0.15) is 12.8 Å². The first kappa shape index (κ1) is 13.3. The minimum Gasteiger partial charge on any atom is -0.327 e. The normalized spacial score (nSPS) is 31.6. The van der Waals surface area contributed by atoms with Crippen LogP contribution in [0.25, 0.3) is 0 Å². The number of fused-ring (bicyclic) bond motifs is 1. The van der Waals surface area contributed by atoms with Gasteiger partial charge in [0.15, 0.2) is 0 Å². The molecule has 1 aliphatic carbocycles. The van der Waals surface area contributed by atoms with Crippen molar-refractivity contribution in [1.29, 1.82) is 0 Å². The highest BCUT2D eigenvalue weighted by Crippen LogP contribution is 2.39. The Hall–Kier alpha value is -0.690. The van der Waals surface area contributed by atoms with Crippen molar-refractivity contribution in [3.63, 3.8) is 0 Å². The molecule has 5 nitrogen and oxygen atoms in total. The number of hydrogen-bond donors (Lipinski definition) is 1. The molecule has 3 rings (SSSR count). The zero-order chi connectivity index (χ0) is 13.6. The largest absolute Gasteiger partial charge is 0.327 e. The Kier molecular flexibility index (Phi) is 3.29. The number of halogens is 1. The summed E-state index contributed by atoms with van der Waals surface area (Å²) in [5.74, 6) is 0.693. The topological polar surface area (TPSA) is 76.3 Å². The molecule has 1 saturated carbocycles. The van der Waals surface area contributed by atoms with Gasteiger partial charge in [0.25, 0.3) is 0 Å². The summed E-state index contributed by atoms with van der Waals surface area (Å²) in [7, 11) is -3.50. The number of rotatable bonds is 2. The zero-order valence-electron chi connectivity index (χ0n) is 10.4. The van der Waals surface area contributed by atoms with Gasteiger partial charge in [-0.2, -0.15) is 4.31 Å². The van der Waals surface area contributed by atoms with Crippen LogP contribution in [0.4, 0.5) is 0 Å². The van der Waals surface area contributed by atoms with Crippen LogP contribution in [0.2, 0.25) is 5.02 Å². The molecule has 3 atom stereocenters. The number of pyridine rings is 1. The SMILES string of the molecule is NC1CCC2CN(S(=O)(=O)c3cncc(Cl)c3)CC12. The van der Waals surface area contributed by atoms with E-state index in [2.05, 4.69) is 4.98 Å². The molecule has 2 aliphatic rings. The fraction of sp³-hybridized carbons (Fsp3) is 0.583. The van der Waals surface area contributed by atoms with E-state index >= 15 is 0 Å². The lowest BCUT2D eigenvalue weighted by molar-refractivity contribution is 0.427. The second-order valence-corrected chi connectivity index (χ2v) is 7.70. The van der Waals surface area contributed by atoms with Crippen LogP contribution in [0.3, 0.4) is 0 Å². The Balaban J connectivity index is 1.87. The molecule has 0 radical (unpaired) electrons. The van der Waals surface area contributed by atoms with Crippen LogP contribution in [0.5, 0.6) is 0 Å². The van der Waals surface area contributed by atoms with Gasteiger partial charge in [-0.05, 0) is 30.7 Å². The summed E-state index contributed by atoms with van der Waals surface area (Å²) in [6, 6.07) is 1.57. The minimum absolute atomic E-state index is 0.127.